The molecule has 0 spiro atoms. The fraction of sp³-hybridized carbons (Fsp3) is 0.875. The van der Waals surface area contributed by atoms with Crippen molar-refractivity contribution in [1.82, 2.24) is 4.90 Å². The fourth-order valence-corrected chi connectivity index (χ4v) is 1.36. The SMILES string of the molecule is COCCN1CC(N)CCC1=O. The number of likely N-dealkylation sites (tertiary alicyclic amines) is 1. The van der Waals surface area contributed by atoms with E-state index in [-0.39, 0.29) is 11.9 Å². The van der Waals surface area contributed by atoms with Crippen molar-refractivity contribution in [3.63, 3.8) is 0 Å². The van der Waals surface area contributed by atoms with Crippen molar-refractivity contribution in [1.29, 1.82) is 0 Å². The molecule has 2 N–H and O–H groups in total. The predicted molar refractivity (Wildman–Crippen MR) is 45.7 cm³/mol. The van der Waals surface area contributed by atoms with E-state index in [1.165, 1.54) is 0 Å². The van der Waals surface area contributed by atoms with Crippen molar-refractivity contribution in [3.05, 3.63) is 0 Å². The summed E-state index contributed by atoms with van der Waals surface area (Å²) in [6, 6.07) is 0.152. The first kappa shape index (κ1) is 9.48. The molecule has 0 radical (unpaired) electrons. The molecule has 0 saturated carbocycles. The number of piperidine rings is 1. The minimum Gasteiger partial charge on any atom is -0.383 e. The zero-order valence-electron chi connectivity index (χ0n) is 7.45. The molecule has 4 heteroatoms. The lowest BCUT2D eigenvalue weighted by Crippen LogP contribution is -2.47. The number of ether oxygens (including phenoxy) is 1. The highest BCUT2D eigenvalue weighted by Gasteiger charge is 2.22. The molecule has 1 aliphatic rings. The Hall–Kier alpha value is -0.610. The molecule has 1 atom stereocenters. The van der Waals surface area contributed by atoms with Crippen LogP contribution in [0.1, 0.15) is 12.8 Å². The number of hydrogen-bond acceptors (Lipinski definition) is 3. The van der Waals surface area contributed by atoms with Crippen LogP contribution >= 0.6 is 0 Å². The maximum absolute atomic E-state index is 11.3. The average Bonchev–Trinajstić information content (AvgIpc) is 2.07. The van der Waals surface area contributed by atoms with E-state index in [1.54, 1.807) is 12.0 Å². The van der Waals surface area contributed by atoms with E-state index in [1.807, 2.05) is 0 Å². The molecule has 12 heavy (non-hydrogen) atoms. The van der Waals surface area contributed by atoms with E-state index in [2.05, 4.69) is 0 Å². The molecule has 0 aromatic rings. The molecule has 1 saturated heterocycles. The molecule has 0 aromatic heterocycles. The fourth-order valence-electron chi connectivity index (χ4n) is 1.36. The summed E-state index contributed by atoms with van der Waals surface area (Å²) in [5, 5.41) is 0. The highest BCUT2D eigenvalue weighted by Crippen LogP contribution is 2.08. The highest BCUT2D eigenvalue weighted by molar-refractivity contribution is 5.77. The van der Waals surface area contributed by atoms with E-state index in [4.69, 9.17) is 10.5 Å². The van der Waals surface area contributed by atoms with Crippen LogP contribution in [0.15, 0.2) is 0 Å². The second-order valence-electron chi connectivity index (χ2n) is 3.13. The minimum atomic E-state index is 0.152. The Morgan fingerprint density at radius 2 is 2.50 bits per heavy atom. The zero-order valence-corrected chi connectivity index (χ0v) is 7.45. The summed E-state index contributed by atoms with van der Waals surface area (Å²) in [6.45, 7) is 1.95. The Balaban J connectivity index is 2.33. The van der Waals surface area contributed by atoms with Gasteiger partial charge in [-0.15, -0.1) is 0 Å². The Bertz CT molecular complexity index is 161. The summed E-state index contributed by atoms with van der Waals surface area (Å²) in [6.07, 6.45) is 1.41. The summed E-state index contributed by atoms with van der Waals surface area (Å²) in [5.41, 5.74) is 5.72. The standard InChI is InChI=1S/C8H16N2O2/c1-12-5-4-10-6-7(9)2-3-8(10)11/h7H,2-6,9H2,1H3. The predicted octanol–water partition coefficient (Wildman–Crippen LogP) is -0.417. The van der Waals surface area contributed by atoms with Crippen LogP contribution in [0.4, 0.5) is 0 Å². The smallest absolute Gasteiger partial charge is 0.222 e. The van der Waals surface area contributed by atoms with E-state index < -0.39 is 0 Å². The maximum Gasteiger partial charge on any atom is 0.222 e. The lowest BCUT2D eigenvalue weighted by atomic mass is 10.1. The molecule has 0 bridgehead atoms. The van der Waals surface area contributed by atoms with Crippen molar-refractivity contribution in [3.8, 4) is 0 Å². The Morgan fingerprint density at radius 1 is 1.75 bits per heavy atom. The third-order valence-electron chi connectivity index (χ3n) is 2.10. The second kappa shape index (κ2) is 4.42. The van der Waals surface area contributed by atoms with Crippen molar-refractivity contribution in [2.75, 3.05) is 26.8 Å². The highest BCUT2D eigenvalue weighted by atomic mass is 16.5. The summed E-state index contributed by atoms with van der Waals surface area (Å²) in [5.74, 6) is 0.203. The number of nitrogens with zero attached hydrogens (tertiary/aromatic N) is 1. The van der Waals surface area contributed by atoms with Crippen LogP contribution in [-0.2, 0) is 9.53 Å². The van der Waals surface area contributed by atoms with Gasteiger partial charge in [-0.2, -0.15) is 0 Å². The number of rotatable bonds is 3. The van der Waals surface area contributed by atoms with Crippen molar-refractivity contribution < 1.29 is 9.53 Å². The van der Waals surface area contributed by atoms with Crippen LogP contribution in [-0.4, -0.2) is 43.7 Å². The Labute approximate surface area is 72.7 Å². The number of hydrogen-bond donors (Lipinski definition) is 1. The zero-order chi connectivity index (χ0) is 8.97. The quantitative estimate of drug-likeness (QED) is 0.629. The number of methoxy groups -OCH3 is 1. The van der Waals surface area contributed by atoms with E-state index in [0.29, 0.717) is 26.1 Å². The topological polar surface area (TPSA) is 55.6 Å². The number of amides is 1. The van der Waals surface area contributed by atoms with E-state index in [0.717, 1.165) is 6.42 Å². The Morgan fingerprint density at radius 3 is 3.17 bits per heavy atom. The average molecular weight is 172 g/mol. The Kier molecular flexibility index (Phi) is 3.49. The molecule has 0 aromatic carbocycles. The van der Waals surface area contributed by atoms with E-state index in [9.17, 15) is 4.79 Å². The molecule has 1 amide bonds. The third-order valence-corrected chi connectivity index (χ3v) is 2.10. The normalized spacial score (nSPS) is 24.7. The van der Waals surface area contributed by atoms with Gasteiger partial charge in [0.05, 0.1) is 6.61 Å². The molecule has 1 aliphatic heterocycles. The number of nitrogens with two attached hydrogens (primary N) is 1. The van der Waals surface area contributed by atoms with Gasteiger partial charge in [0, 0.05) is 32.7 Å². The summed E-state index contributed by atoms with van der Waals surface area (Å²) in [7, 11) is 1.63. The molecule has 0 aliphatic carbocycles. The monoisotopic (exact) mass is 172 g/mol. The van der Waals surface area contributed by atoms with Crippen LogP contribution in [0.2, 0.25) is 0 Å². The molecular formula is C8H16N2O2. The van der Waals surface area contributed by atoms with Crippen LogP contribution in [0.3, 0.4) is 0 Å². The molecule has 1 fully saturated rings. The second-order valence-corrected chi connectivity index (χ2v) is 3.13. The van der Waals surface area contributed by atoms with Gasteiger partial charge in [0.25, 0.3) is 0 Å². The molecular weight excluding hydrogens is 156 g/mol. The molecule has 1 unspecified atom stereocenters. The van der Waals surface area contributed by atoms with Gasteiger partial charge in [0.2, 0.25) is 5.91 Å². The minimum absolute atomic E-state index is 0.152. The summed E-state index contributed by atoms with van der Waals surface area (Å²) < 4.78 is 4.89. The molecule has 1 heterocycles. The van der Waals surface area contributed by atoms with Crippen molar-refractivity contribution >= 4 is 5.91 Å². The van der Waals surface area contributed by atoms with Crippen LogP contribution in [0, 0.1) is 0 Å². The first-order chi connectivity index (χ1) is 5.74. The lowest BCUT2D eigenvalue weighted by molar-refractivity contribution is -0.134. The first-order valence-corrected chi connectivity index (χ1v) is 4.26. The van der Waals surface area contributed by atoms with Crippen LogP contribution in [0.5, 0.6) is 0 Å². The van der Waals surface area contributed by atoms with Crippen molar-refractivity contribution in [2.24, 2.45) is 5.73 Å². The van der Waals surface area contributed by atoms with Gasteiger partial charge < -0.3 is 15.4 Å². The first-order valence-electron chi connectivity index (χ1n) is 4.26. The molecule has 4 nitrogen and oxygen atoms in total. The van der Waals surface area contributed by atoms with Gasteiger partial charge >= 0.3 is 0 Å². The third kappa shape index (κ3) is 2.46. The van der Waals surface area contributed by atoms with Gasteiger partial charge in [-0.3, -0.25) is 4.79 Å². The van der Waals surface area contributed by atoms with Gasteiger partial charge in [-0.1, -0.05) is 0 Å². The van der Waals surface area contributed by atoms with Gasteiger partial charge in [-0.25, -0.2) is 0 Å². The van der Waals surface area contributed by atoms with Gasteiger partial charge in [0.15, 0.2) is 0 Å². The molecule has 1 rings (SSSR count). The van der Waals surface area contributed by atoms with Gasteiger partial charge in [-0.05, 0) is 6.42 Å². The summed E-state index contributed by atoms with van der Waals surface area (Å²) in [4.78, 5) is 13.0. The van der Waals surface area contributed by atoms with Crippen LogP contribution < -0.4 is 5.73 Å². The lowest BCUT2D eigenvalue weighted by Gasteiger charge is -2.30. The largest absolute Gasteiger partial charge is 0.383 e. The maximum atomic E-state index is 11.3. The molecule has 70 valence electrons. The van der Waals surface area contributed by atoms with Gasteiger partial charge in [0.1, 0.15) is 0 Å². The number of carbonyl (C=O) groups excluding carboxylic acids is 1. The van der Waals surface area contributed by atoms with Crippen molar-refractivity contribution in [2.45, 2.75) is 18.9 Å². The summed E-state index contributed by atoms with van der Waals surface area (Å²) >= 11 is 0. The van der Waals surface area contributed by atoms with E-state index >= 15 is 0 Å². The van der Waals surface area contributed by atoms with Crippen LogP contribution in [0.25, 0.3) is 0 Å². The number of carbonyl (C=O) groups is 1.